The van der Waals surface area contributed by atoms with Crippen molar-refractivity contribution in [3.05, 3.63) is 120 Å². The molecular weight excluding hydrogens is 853 g/mol. The summed E-state index contributed by atoms with van der Waals surface area (Å²) < 4.78 is 0. The number of nitrogens with zero attached hydrogens (tertiary/aromatic N) is 6. The Morgan fingerprint density at radius 2 is 1.04 bits per heavy atom. The highest BCUT2D eigenvalue weighted by atomic mass is 16.4. The summed E-state index contributed by atoms with van der Waals surface area (Å²) in [5, 5.41) is 19.7. The van der Waals surface area contributed by atoms with Crippen molar-refractivity contribution in [1.29, 1.82) is 0 Å². The first kappa shape index (κ1) is 48.0. The van der Waals surface area contributed by atoms with E-state index >= 15 is 0 Å². The standard InChI is InChI=1S/C51H62N8O8/c1-31(2)42(55(5)48(64)65)44(60)57-28-8-25-50(57,46(52)62)37-17-11-34(12-18-37)40-23-24-41(59(40)39-21-15-33(16-22-39)36-10-7-27-54-30-36)35-13-19-38(20-14-35)51(47(53)63)26-9-29-58(51)45(61)43(32(3)4)56(6)49(66)67/h7,10-22,27,30-32,40-43H,8-9,23-26,28-29H2,1-6H3,(H2,52,62)(H2,53,63)(H,64,65)(H,66,67)/t40-,41-,42-,43-,50-,51-/m0/s1. The number of hydrogen-bond donors (Lipinski definition) is 4. The quantitative estimate of drug-likeness (QED) is 0.105. The molecule has 3 aliphatic heterocycles. The van der Waals surface area contributed by atoms with Gasteiger partial charge in [-0.1, -0.05) is 94.4 Å². The average molecular weight is 915 g/mol. The van der Waals surface area contributed by atoms with Gasteiger partial charge >= 0.3 is 12.2 Å². The molecule has 354 valence electrons. The third-order valence-electron chi connectivity index (χ3n) is 14.4. The summed E-state index contributed by atoms with van der Waals surface area (Å²) >= 11 is 0. The van der Waals surface area contributed by atoms with Crippen molar-refractivity contribution >= 4 is 41.5 Å². The molecule has 6 N–H and O–H groups in total. The van der Waals surface area contributed by atoms with Gasteiger partial charge in [0.2, 0.25) is 23.6 Å². The Kier molecular flexibility index (Phi) is 13.7. The molecule has 6 atom stereocenters. The van der Waals surface area contributed by atoms with E-state index in [1.165, 1.54) is 23.9 Å². The molecule has 0 saturated carbocycles. The number of nitrogens with two attached hydrogens (primary N) is 2. The minimum Gasteiger partial charge on any atom is -0.465 e. The van der Waals surface area contributed by atoms with E-state index in [9.17, 15) is 39.0 Å². The molecule has 6 amide bonds. The predicted molar refractivity (Wildman–Crippen MR) is 252 cm³/mol. The van der Waals surface area contributed by atoms with Crippen molar-refractivity contribution in [2.24, 2.45) is 23.3 Å². The van der Waals surface area contributed by atoms with Crippen molar-refractivity contribution in [2.45, 2.75) is 101 Å². The number of amides is 6. The molecule has 67 heavy (non-hydrogen) atoms. The van der Waals surface area contributed by atoms with E-state index in [-0.39, 0.29) is 37.0 Å². The zero-order valence-electron chi connectivity index (χ0n) is 39.0. The lowest BCUT2D eigenvalue weighted by Gasteiger charge is -2.41. The fourth-order valence-electron chi connectivity index (χ4n) is 11.1. The van der Waals surface area contributed by atoms with Gasteiger partial charge in [-0.15, -0.1) is 0 Å². The Morgan fingerprint density at radius 1 is 0.627 bits per heavy atom. The van der Waals surface area contributed by atoms with E-state index in [1.807, 2.05) is 66.9 Å². The van der Waals surface area contributed by atoms with Gasteiger partial charge in [0, 0.05) is 45.3 Å². The maximum absolute atomic E-state index is 14.2. The van der Waals surface area contributed by atoms with Crippen LogP contribution < -0.4 is 16.4 Å². The van der Waals surface area contributed by atoms with Crippen LogP contribution in [-0.2, 0) is 30.3 Å². The molecule has 1 aromatic heterocycles. The Hall–Kier alpha value is -6.97. The first-order valence-corrected chi connectivity index (χ1v) is 23.0. The molecule has 7 rings (SSSR count). The maximum atomic E-state index is 14.2. The van der Waals surface area contributed by atoms with Crippen LogP contribution in [0.4, 0.5) is 15.3 Å². The number of hydrogen-bond acceptors (Lipinski definition) is 8. The molecule has 0 bridgehead atoms. The van der Waals surface area contributed by atoms with Gasteiger partial charge in [-0.2, -0.15) is 0 Å². The highest BCUT2D eigenvalue weighted by Crippen LogP contribution is 2.49. The lowest BCUT2D eigenvalue weighted by atomic mass is 9.84. The van der Waals surface area contributed by atoms with Crippen LogP contribution in [-0.4, -0.2) is 110 Å². The van der Waals surface area contributed by atoms with Crippen LogP contribution in [0.2, 0.25) is 0 Å². The SMILES string of the molecule is CC(C)[C@@H](C(=O)N1CCC[C@@]1(C(N)=O)c1ccc([C@@H]2CC[C@@H](c3ccc([C@]4(C(N)=O)CCCN4C(=O)[C@H](C(C)C)N(C)C(=O)O)cc3)N2c2ccc(-c3cccnc3)cc2)cc1)N(C)C(=O)O. The van der Waals surface area contributed by atoms with Gasteiger partial charge in [0.1, 0.15) is 23.2 Å². The number of aromatic nitrogens is 1. The van der Waals surface area contributed by atoms with E-state index in [4.69, 9.17) is 11.5 Å². The Morgan fingerprint density at radius 3 is 1.39 bits per heavy atom. The topological polar surface area (TPSA) is 224 Å². The van der Waals surface area contributed by atoms with Gasteiger partial charge in [-0.05, 0) is 102 Å². The molecule has 0 radical (unpaired) electrons. The first-order valence-electron chi connectivity index (χ1n) is 23.0. The van der Waals surface area contributed by atoms with Crippen LogP contribution in [0.1, 0.15) is 101 Å². The van der Waals surface area contributed by atoms with Crippen molar-refractivity contribution < 1.29 is 39.0 Å². The third kappa shape index (κ3) is 8.53. The van der Waals surface area contributed by atoms with Crippen molar-refractivity contribution in [3.8, 4) is 11.1 Å². The second-order valence-corrected chi connectivity index (χ2v) is 18.8. The maximum Gasteiger partial charge on any atom is 0.407 e. The molecule has 0 unspecified atom stereocenters. The Bertz CT molecular complexity index is 2350. The summed E-state index contributed by atoms with van der Waals surface area (Å²) in [6, 6.07) is 25.2. The van der Waals surface area contributed by atoms with E-state index in [0.717, 1.165) is 50.6 Å². The summed E-state index contributed by atoms with van der Waals surface area (Å²) in [6.45, 7) is 7.60. The summed E-state index contributed by atoms with van der Waals surface area (Å²) in [6.07, 6.45) is 4.18. The van der Waals surface area contributed by atoms with Gasteiger partial charge in [-0.3, -0.25) is 34.0 Å². The summed E-state index contributed by atoms with van der Waals surface area (Å²) in [4.78, 5) is 91.3. The Labute approximate surface area is 391 Å². The summed E-state index contributed by atoms with van der Waals surface area (Å²) in [7, 11) is 2.72. The smallest absolute Gasteiger partial charge is 0.407 e. The molecule has 0 aliphatic carbocycles. The monoisotopic (exact) mass is 914 g/mol. The largest absolute Gasteiger partial charge is 0.465 e. The van der Waals surface area contributed by atoms with Crippen LogP contribution in [0.5, 0.6) is 0 Å². The van der Waals surface area contributed by atoms with Crippen molar-refractivity contribution in [1.82, 2.24) is 24.6 Å². The molecule has 3 saturated heterocycles. The highest BCUT2D eigenvalue weighted by Gasteiger charge is 2.54. The zero-order valence-corrected chi connectivity index (χ0v) is 39.0. The van der Waals surface area contributed by atoms with E-state index in [0.29, 0.717) is 36.8 Å². The molecule has 4 heterocycles. The van der Waals surface area contributed by atoms with Gasteiger partial charge in [0.15, 0.2) is 0 Å². The number of primary amides is 2. The van der Waals surface area contributed by atoms with Crippen molar-refractivity contribution in [2.75, 3.05) is 32.1 Å². The molecule has 3 aliphatic rings. The van der Waals surface area contributed by atoms with Gasteiger partial charge in [0.25, 0.3) is 0 Å². The van der Waals surface area contributed by atoms with E-state index in [1.54, 1.807) is 33.9 Å². The average Bonchev–Trinajstić information content (AvgIpc) is 4.08. The number of pyridine rings is 1. The van der Waals surface area contributed by atoms with E-state index < -0.39 is 59.0 Å². The number of carbonyl (C=O) groups excluding carboxylic acids is 4. The van der Waals surface area contributed by atoms with Gasteiger partial charge < -0.3 is 36.4 Å². The van der Waals surface area contributed by atoms with Gasteiger partial charge in [0.05, 0.1) is 12.1 Å². The predicted octanol–water partition coefficient (Wildman–Crippen LogP) is 6.71. The number of likely N-dealkylation sites (N-methyl/N-ethyl adjacent to an activating group) is 2. The minimum absolute atomic E-state index is 0.137. The van der Waals surface area contributed by atoms with Crippen LogP contribution >= 0.6 is 0 Å². The molecule has 4 aromatic rings. The third-order valence-corrected chi connectivity index (χ3v) is 14.4. The van der Waals surface area contributed by atoms with Crippen LogP contribution in [0.3, 0.4) is 0 Å². The second-order valence-electron chi connectivity index (χ2n) is 18.8. The second kappa shape index (κ2) is 19.1. The molecule has 16 heteroatoms. The molecule has 16 nitrogen and oxygen atoms in total. The van der Waals surface area contributed by atoms with Crippen LogP contribution in [0.15, 0.2) is 97.3 Å². The highest BCUT2D eigenvalue weighted by molar-refractivity contribution is 5.96. The fraction of sp³-hybridized carbons (Fsp3) is 0.431. The number of benzene rings is 3. The zero-order chi connectivity index (χ0) is 48.5. The fourth-order valence-corrected chi connectivity index (χ4v) is 11.1. The normalized spacial score (nSPS) is 22.5. The minimum atomic E-state index is -1.46. The molecule has 0 spiro atoms. The number of likely N-dealkylation sites (tertiary alicyclic amines) is 2. The van der Waals surface area contributed by atoms with Crippen molar-refractivity contribution in [3.63, 3.8) is 0 Å². The summed E-state index contributed by atoms with van der Waals surface area (Å²) in [5.41, 5.74) is 15.5. The first-order chi connectivity index (χ1) is 31.9. The number of anilines is 1. The van der Waals surface area contributed by atoms with Crippen LogP contribution in [0, 0.1) is 11.8 Å². The number of carbonyl (C=O) groups is 6. The lowest BCUT2D eigenvalue weighted by molar-refractivity contribution is -0.148. The molecule has 3 aromatic carbocycles. The summed E-state index contributed by atoms with van der Waals surface area (Å²) in [5.74, 6) is -3.02. The molecule has 3 fully saturated rings. The lowest BCUT2D eigenvalue weighted by Crippen LogP contribution is -2.59. The van der Waals surface area contributed by atoms with Crippen LogP contribution in [0.25, 0.3) is 11.1 Å². The molecular formula is C51H62N8O8. The number of rotatable bonds is 14. The number of carboxylic acid groups (broad SMARTS) is 2. The Balaban J connectivity index is 1.24. The van der Waals surface area contributed by atoms with E-state index in [2.05, 4.69) is 34.1 Å². The van der Waals surface area contributed by atoms with Gasteiger partial charge in [-0.25, -0.2) is 9.59 Å².